The van der Waals surface area contributed by atoms with Crippen LogP contribution < -0.4 is 5.32 Å². The van der Waals surface area contributed by atoms with Crippen molar-refractivity contribution < 1.29 is 0 Å². The first-order valence-electron chi connectivity index (χ1n) is 5.55. The number of thiophene rings is 1. The molecular formula is C12H16N2S2. The zero-order valence-electron chi connectivity index (χ0n) is 9.40. The first kappa shape index (κ1) is 11.8. The molecule has 0 bridgehead atoms. The van der Waals surface area contributed by atoms with Crippen molar-refractivity contribution in [2.24, 2.45) is 0 Å². The van der Waals surface area contributed by atoms with E-state index >= 15 is 0 Å². The summed E-state index contributed by atoms with van der Waals surface area (Å²) in [7, 11) is 0. The number of aryl methyl sites for hydroxylation is 1. The van der Waals surface area contributed by atoms with E-state index in [1.165, 1.54) is 15.6 Å². The number of hydrogen-bond donors (Lipinski definition) is 1. The number of hydrogen-bond acceptors (Lipinski definition) is 4. The summed E-state index contributed by atoms with van der Waals surface area (Å²) >= 11 is 3.58. The quantitative estimate of drug-likeness (QED) is 0.799. The van der Waals surface area contributed by atoms with Crippen molar-refractivity contribution in [3.05, 3.63) is 38.5 Å². The van der Waals surface area contributed by atoms with Gasteiger partial charge in [0.05, 0.1) is 10.7 Å². The smallest absolute Gasteiger partial charge is 0.0926 e. The molecule has 86 valence electrons. The Hall–Kier alpha value is -0.710. The van der Waals surface area contributed by atoms with E-state index in [1.54, 1.807) is 11.3 Å². The van der Waals surface area contributed by atoms with Gasteiger partial charge in [-0.15, -0.1) is 22.7 Å². The molecule has 0 unspecified atom stereocenters. The summed E-state index contributed by atoms with van der Waals surface area (Å²) in [5.74, 6) is 0. The molecule has 0 saturated carbocycles. The molecule has 2 rings (SSSR count). The number of nitrogens with one attached hydrogen (secondary N) is 1. The average Bonchev–Trinajstić information content (AvgIpc) is 2.95. The van der Waals surface area contributed by atoms with E-state index in [9.17, 15) is 0 Å². The summed E-state index contributed by atoms with van der Waals surface area (Å²) in [6.45, 7) is 4.06. The van der Waals surface area contributed by atoms with Crippen molar-refractivity contribution in [1.82, 2.24) is 10.3 Å². The zero-order valence-corrected chi connectivity index (χ0v) is 11.0. The van der Waals surface area contributed by atoms with Crippen LogP contribution >= 0.6 is 22.7 Å². The van der Waals surface area contributed by atoms with Crippen molar-refractivity contribution in [3.8, 4) is 0 Å². The van der Waals surface area contributed by atoms with Crippen LogP contribution in [0.3, 0.4) is 0 Å². The highest BCUT2D eigenvalue weighted by atomic mass is 32.1. The molecule has 0 saturated heterocycles. The molecule has 4 heteroatoms. The van der Waals surface area contributed by atoms with Crippen molar-refractivity contribution in [2.75, 3.05) is 6.54 Å². The minimum Gasteiger partial charge on any atom is -0.311 e. The van der Waals surface area contributed by atoms with E-state index in [0.717, 1.165) is 25.9 Å². The van der Waals surface area contributed by atoms with Crippen LogP contribution in [0.1, 0.15) is 22.5 Å². The molecule has 0 spiro atoms. The van der Waals surface area contributed by atoms with Crippen LogP contribution in [-0.4, -0.2) is 11.5 Å². The SMILES string of the molecule is CCc1nc(CNCCc2cccs2)cs1. The number of rotatable bonds is 6. The summed E-state index contributed by atoms with van der Waals surface area (Å²) in [4.78, 5) is 5.97. The molecule has 16 heavy (non-hydrogen) atoms. The molecule has 2 aromatic rings. The predicted molar refractivity (Wildman–Crippen MR) is 71.2 cm³/mol. The van der Waals surface area contributed by atoms with Gasteiger partial charge in [0, 0.05) is 23.3 Å². The lowest BCUT2D eigenvalue weighted by Gasteiger charge is -2.00. The fraction of sp³-hybridized carbons (Fsp3) is 0.417. The van der Waals surface area contributed by atoms with Gasteiger partial charge < -0.3 is 5.32 Å². The van der Waals surface area contributed by atoms with Crippen LogP contribution in [0, 0.1) is 0 Å². The normalized spacial score (nSPS) is 10.8. The summed E-state index contributed by atoms with van der Waals surface area (Å²) in [6, 6.07) is 4.29. The third-order valence-corrected chi connectivity index (χ3v) is 4.31. The van der Waals surface area contributed by atoms with E-state index in [2.05, 4.69) is 40.1 Å². The molecule has 2 heterocycles. The fourth-order valence-electron chi connectivity index (χ4n) is 1.48. The van der Waals surface area contributed by atoms with E-state index in [4.69, 9.17) is 0 Å². The largest absolute Gasteiger partial charge is 0.311 e. The van der Waals surface area contributed by atoms with E-state index < -0.39 is 0 Å². The van der Waals surface area contributed by atoms with E-state index in [-0.39, 0.29) is 0 Å². The van der Waals surface area contributed by atoms with Crippen LogP contribution in [0.2, 0.25) is 0 Å². The van der Waals surface area contributed by atoms with E-state index in [0.29, 0.717) is 0 Å². The maximum atomic E-state index is 4.52. The van der Waals surface area contributed by atoms with Gasteiger partial charge in [0.25, 0.3) is 0 Å². The monoisotopic (exact) mass is 252 g/mol. The summed E-state index contributed by atoms with van der Waals surface area (Å²) in [6.07, 6.45) is 2.16. The molecule has 0 aliphatic rings. The van der Waals surface area contributed by atoms with Gasteiger partial charge in [-0.2, -0.15) is 0 Å². The molecule has 0 radical (unpaired) electrons. The van der Waals surface area contributed by atoms with Crippen LogP contribution in [0.25, 0.3) is 0 Å². The average molecular weight is 252 g/mol. The Bertz CT molecular complexity index is 406. The van der Waals surface area contributed by atoms with E-state index in [1.807, 2.05) is 11.3 Å². The Kier molecular flexibility index (Phi) is 4.51. The Labute approximate surface area is 104 Å². The molecule has 0 aliphatic heterocycles. The van der Waals surface area contributed by atoms with Gasteiger partial charge in [-0.25, -0.2) is 4.98 Å². The van der Waals surface area contributed by atoms with Crippen molar-refractivity contribution in [2.45, 2.75) is 26.3 Å². The second-order valence-corrected chi connectivity index (χ2v) is 5.57. The summed E-state index contributed by atoms with van der Waals surface area (Å²) < 4.78 is 0. The number of thiazole rings is 1. The molecule has 0 aromatic carbocycles. The van der Waals surface area contributed by atoms with Crippen LogP contribution in [0.15, 0.2) is 22.9 Å². The first-order valence-corrected chi connectivity index (χ1v) is 7.31. The highest BCUT2D eigenvalue weighted by Gasteiger charge is 1.99. The second-order valence-electron chi connectivity index (χ2n) is 3.59. The minimum absolute atomic E-state index is 0.891. The molecule has 0 amide bonds. The standard InChI is InChI=1S/C12H16N2S2/c1-2-12-14-10(9-16-12)8-13-6-5-11-4-3-7-15-11/h3-4,7,9,13H,2,5-6,8H2,1H3. The maximum absolute atomic E-state index is 4.52. The summed E-state index contributed by atoms with van der Waals surface area (Å²) in [5.41, 5.74) is 1.17. The predicted octanol–water partition coefficient (Wildman–Crippen LogP) is 3.10. The maximum Gasteiger partial charge on any atom is 0.0926 e. The third-order valence-electron chi connectivity index (χ3n) is 2.34. The Balaban J connectivity index is 1.68. The lowest BCUT2D eigenvalue weighted by Crippen LogP contribution is -2.16. The Morgan fingerprint density at radius 1 is 1.38 bits per heavy atom. The van der Waals surface area contributed by atoms with Gasteiger partial charge in [-0.1, -0.05) is 13.0 Å². The molecule has 2 nitrogen and oxygen atoms in total. The lowest BCUT2D eigenvalue weighted by atomic mass is 10.3. The minimum atomic E-state index is 0.891. The Morgan fingerprint density at radius 3 is 3.00 bits per heavy atom. The van der Waals surface area contributed by atoms with Gasteiger partial charge in [0.2, 0.25) is 0 Å². The van der Waals surface area contributed by atoms with Crippen LogP contribution in [0.4, 0.5) is 0 Å². The van der Waals surface area contributed by atoms with Gasteiger partial charge in [-0.05, 0) is 24.3 Å². The molecular weight excluding hydrogens is 236 g/mol. The van der Waals surface area contributed by atoms with Crippen molar-refractivity contribution in [3.63, 3.8) is 0 Å². The van der Waals surface area contributed by atoms with Crippen molar-refractivity contribution in [1.29, 1.82) is 0 Å². The molecule has 1 N–H and O–H groups in total. The summed E-state index contributed by atoms with van der Waals surface area (Å²) in [5, 5.41) is 8.94. The van der Waals surface area contributed by atoms with Gasteiger partial charge in [0.15, 0.2) is 0 Å². The molecule has 2 aromatic heterocycles. The highest BCUT2D eigenvalue weighted by molar-refractivity contribution is 7.10. The lowest BCUT2D eigenvalue weighted by molar-refractivity contribution is 0.679. The third kappa shape index (κ3) is 3.40. The van der Waals surface area contributed by atoms with Crippen LogP contribution in [0.5, 0.6) is 0 Å². The first-order chi connectivity index (χ1) is 7.88. The molecule has 0 atom stereocenters. The van der Waals surface area contributed by atoms with Crippen LogP contribution in [-0.2, 0) is 19.4 Å². The topological polar surface area (TPSA) is 24.9 Å². The fourth-order valence-corrected chi connectivity index (χ4v) is 2.93. The number of nitrogens with zero attached hydrogens (tertiary/aromatic N) is 1. The van der Waals surface area contributed by atoms with Gasteiger partial charge >= 0.3 is 0 Å². The Morgan fingerprint density at radius 2 is 2.31 bits per heavy atom. The van der Waals surface area contributed by atoms with Gasteiger partial charge in [-0.3, -0.25) is 0 Å². The highest BCUT2D eigenvalue weighted by Crippen LogP contribution is 2.10. The molecule has 0 fully saturated rings. The van der Waals surface area contributed by atoms with Crippen molar-refractivity contribution >= 4 is 22.7 Å². The number of aromatic nitrogens is 1. The zero-order chi connectivity index (χ0) is 11.2. The molecule has 0 aliphatic carbocycles. The van der Waals surface area contributed by atoms with Gasteiger partial charge in [0.1, 0.15) is 0 Å². The second kappa shape index (κ2) is 6.13.